The van der Waals surface area contributed by atoms with Crippen molar-refractivity contribution < 1.29 is 112 Å². The van der Waals surface area contributed by atoms with E-state index in [-0.39, 0.29) is 80.1 Å². The average molecular weight is 969 g/mol. The first-order valence-corrected chi connectivity index (χ1v) is 14.3. The summed E-state index contributed by atoms with van der Waals surface area (Å²) in [5.74, 6) is 0.552. The Labute approximate surface area is 280 Å². The molecule has 2 amide bonds. The fraction of sp³-hybridized carbons (Fsp3) is 0.588. The quantitative estimate of drug-likeness (QED) is 0.0760. The number of amides is 2. The summed E-state index contributed by atoms with van der Waals surface area (Å²) in [4.78, 5) is 25.5. The smallest absolute Gasteiger partial charge is 0.741 e. The van der Waals surface area contributed by atoms with Gasteiger partial charge in [-0.15, -0.1) is 0 Å². The van der Waals surface area contributed by atoms with Crippen LogP contribution in [-0.4, -0.2) is 92.1 Å². The molecule has 0 aromatic heterocycles. The molecule has 1 fully saturated rings. The van der Waals surface area contributed by atoms with E-state index in [0.29, 0.717) is 12.8 Å². The maximum absolute atomic E-state index is 12.2. The third kappa shape index (κ3) is 17.0. The van der Waals surface area contributed by atoms with Crippen molar-refractivity contribution in [1.82, 2.24) is 35.7 Å². The number of hydrogen-bond acceptors (Lipinski definition) is 16. The normalized spacial score (nSPS) is 20.8. The van der Waals surface area contributed by atoms with Crippen LogP contribution >= 0.6 is 0 Å². The summed E-state index contributed by atoms with van der Waals surface area (Å²) in [7, 11) is -15.0. The van der Waals surface area contributed by atoms with Crippen LogP contribution < -0.4 is 30.8 Å². The Balaban J connectivity index is -0.0000000977. The molecule has 1 heterocycles. The molecular formula is C17H31F9N6O12OsS3. The van der Waals surface area contributed by atoms with Crippen LogP contribution in [0.4, 0.5) is 39.5 Å². The zero-order valence-corrected chi connectivity index (χ0v) is 29.2. The van der Waals surface area contributed by atoms with Crippen molar-refractivity contribution in [3.05, 3.63) is 23.8 Å². The summed E-state index contributed by atoms with van der Waals surface area (Å²) in [5, 5.41) is 0. The molecule has 0 aromatic carbocycles. The molecule has 0 aromatic rings. The predicted octanol–water partition coefficient (Wildman–Crippen LogP) is 1.82. The molecule has 3 aliphatic rings. The molecular weight excluding hydrogens is 938 g/mol. The minimum atomic E-state index is -6.09. The third-order valence-electron chi connectivity index (χ3n) is 5.16. The molecule has 0 bridgehead atoms. The number of alkyl halides is 9. The van der Waals surface area contributed by atoms with E-state index in [0.717, 1.165) is 5.78 Å². The van der Waals surface area contributed by atoms with Crippen molar-refractivity contribution in [1.29, 1.82) is 0 Å². The number of allylic oxidation sites excluding steroid dienone is 4. The van der Waals surface area contributed by atoms with E-state index in [1.807, 2.05) is 12.2 Å². The van der Waals surface area contributed by atoms with E-state index in [9.17, 15) is 49.1 Å². The Morgan fingerprint density at radius 1 is 0.688 bits per heavy atom. The monoisotopic (exact) mass is 970 g/mol. The Morgan fingerprint density at radius 3 is 1.27 bits per heavy atom. The number of halogens is 9. The molecule has 290 valence electrons. The van der Waals surface area contributed by atoms with E-state index in [2.05, 4.69) is 6.08 Å². The Hall–Kier alpha value is -2.17. The summed E-state index contributed by atoms with van der Waals surface area (Å²) in [6.45, 7) is 0. The zero-order valence-electron chi connectivity index (χ0n) is 24.2. The number of ketones is 1. The zero-order chi connectivity index (χ0) is 33.9. The second-order valence-electron chi connectivity index (χ2n) is 7.82. The summed E-state index contributed by atoms with van der Waals surface area (Å²) in [5.41, 5.74) is -15.8. The van der Waals surface area contributed by atoms with E-state index >= 15 is 0 Å². The summed E-state index contributed by atoms with van der Waals surface area (Å²) >= 11 is 0. The van der Waals surface area contributed by atoms with Gasteiger partial charge in [-0.05, 0) is 12.0 Å². The van der Waals surface area contributed by atoms with Crippen LogP contribution in [0, 0.1) is 17.8 Å². The van der Waals surface area contributed by atoms with Gasteiger partial charge in [0.2, 0.25) is 11.8 Å². The van der Waals surface area contributed by atoms with Gasteiger partial charge in [-0.1, -0.05) is 12.2 Å². The molecule has 1 aliphatic heterocycles. The largest absolute Gasteiger partial charge is 2.00 e. The van der Waals surface area contributed by atoms with Crippen LogP contribution in [0.2, 0.25) is 0 Å². The van der Waals surface area contributed by atoms with Crippen LogP contribution in [0.3, 0.4) is 0 Å². The predicted molar refractivity (Wildman–Crippen MR) is 138 cm³/mol. The molecule has 0 spiro atoms. The Bertz CT molecular complexity index is 1370. The molecule has 15 N–H and O–H groups in total. The first kappa shape index (κ1) is 61.1. The summed E-state index contributed by atoms with van der Waals surface area (Å²) in [6.07, 6.45) is 7.46. The standard InChI is InChI=1S/C14H16NO3.3CHF3O3S.5H3N.Os/c1-15-13(16)10-6-4-8-3-5-9(18-2)7-11(8)12(10)14(15)17;3*2-1(3,4)8(5,6)7;;;;;;/h3-5,10-12H,6-7H2,1-2H3;3*(H,5,6,7);5*1H3;/q+1;;;;;;;;;+2/p-3/t10-,11+,12-;;;;;;;;;/m1........./s1. The number of hydrogen-bond donors (Lipinski definition) is 5. The number of fused-ring (bicyclic) bond motifs is 3. The van der Waals surface area contributed by atoms with Crippen molar-refractivity contribution in [2.45, 2.75) is 29.4 Å². The molecule has 31 heteroatoms. The summed E-state index contributed by atoms with van der Waals surface area (Å²) < 4.78 is 182. The molecule has 3 atom stereocenters. The van der Waals surface area contributed by atoms with Crippen LogP contribution in [-0.2, 0) is 64.2 Å². The number of carbonyl (C=O) groups excluding carboxylic acids is 3. The van der Waals surface area contributed by atoms with E-state index in [1.165, 1.54) is 10.5 Å². The molecule has 0 unspecified atom stereocenters. The maximum atomic E-state index is 12.2. The molecule has 18 nitrogen and oxygen atoms in total. The fourth-order valence-corrected chi connectivity index (χ4v) is 3.29. The van der Waals surface area contributed by atoms with Crippen LogP contribution in [0.25, 0.3) is 0 Å². The Kier molecular flexibility index (Phi) is 26.9. The second-order valence-corrected chi connectivity index (χ2v) is 11.9. The van der Waals surface area contributed by atoms with Crippen molar-refractivity contribution in [3.8, 4) is 0 Å². The topological polar surface area (TPSA) is 395 Å². The molecule has 0 saturated carbocycles. The number of carbonyl (C=O) groups is 2. The number of imide groups is 1. The van der Waals surface area contributed by atoms with Crippen LogP contribution in [0.5, 0.6) is 0 Å². The van der Waals surface area contributed by atoms with Crippen molar-refractivity contribution in [2.24, 2.45) is 17.8 Å². The SMILES string of the molecule is C[O+]=C1C=CC2=CC[C@H]3C(=O)N(C)C(=O)[C@H]3[C@H]2C1.N.N.N.N.N.O=S(=O)([O-])C(F)(F)F.O=S(=O)([O-])C(F)(F)F.O=S(=O)([O-])C(F)(F)F.[Os+2]. The minimum absolute atomic E-state index is 0. The van der Waals surface area contributed by atoms with Gasteiger partial charge in [0.05, 0.1) is 18.3 Å². The second kappa shape index (κ2) is 21.1. The maximum Gasteiger partial charge on any atom is 2.00 e. The van der Waals surface area contributed by atoms with Gasteiger partial charge in [0.1, 0.15) is 0 Å². The van der Waals surface area contributed by atoms with Crippen molar-refractivity contribution >= 4 is 48.0 Å². The van der Waals surface area contributed by atoms with Crippen molar-refractivity contribution in [3.63, 3.8) is 0 Å². The molecule has 1 saturated heterocycles. The van der Waals surface area contributed by atoms with E-state index < -0.39 is 46.9 Å². The van der Waals surface area contributed by atoms with Gasteiger partial charge in [0.15, 0.2) is 30.4 Å². The fourth-order valence-electron chi connectivity index (χ4n) is 3.29. The van der Waals surface area contributed by atoms with Gasteiger partial charge in [0, 0.05) is 19.0 Å². The molecule has 48 heavy (non-hydrogen) atoms. The third-order valence-corrected chi connectivity index (χ3v) is 6.86. The van der Waals surface area contributed by atoms with Gasteiger partial charge in [-0.3, -0.25) is 18.9 Å². The Morgan fingerprint density at radius 2 is 1.00 bits per heavy atom. The van der Waals surface area contributed by atoms with E-state index in [1.54, 1.807) is 14.2 Å². The van der Waals surface area contributed by atoms with Crippen LogP contribution in [0.1, 0.15) is 12.8 Å². The molecule has 2 aliphatic carbocycles. The van der Waals surface area contributed by atoms with Gasteiger partial charge in [-0.25, -0.2) is 25.3 Å². The molecule has 3 rings (SSSR count). The van der Waals surface area contributed by atoms with Crippen molar-refractivity contribution in [2.75, 3.05) is 14.2 Å². The van der Waals surface area contributed by atoms with Crippen LogP contribution in [0.15, 0.2) is 23.8 Å². The average Bonchev–Trinajstić information content (AvgIpc) is 3.00. The van der Waals surface area contributed by atoms with Gasteiger partial charge < -0.3 is 44.4 Å². The van der Waals surface area contributed by atoms with Gasteiger partial charge in [0.25, 0.3) is 7.11 Å². The van der Waals surface area contributed by atoms with Gasteiger partial charge in [-0.2, -0.15) is 39.5 Å². The number of rotatable bonds is 0. The summed E-state index contributed by atoms with van der Waals surface area (Å²) in [6, 6.07) is 0. The first-order chi connectivity index (χ1) is 18.4. The molecule has 0 radical (unpaired) electrons. The van der Waals surface area contributed by atoms with Gasteiger partial charge >= 0.3 is 42.1 Å². The number of nitrogens with zero attached hydrogens (tertiary/aromatic N) is 1. The number of likely N-dealkylation sites (tertiary alicyclic amines) is 1. The van der Waals surface area contributed by atoms with E-state index in [4.69, 9.17) is 43.3 Å². The first-order valence-electron chi connectivity index (χ1n) is 10.0. The minimum Gasteiger partial charge on any atom is -0.741 e.